The number of hydrogen-bond donors (Lipinski definition) is 2. The van der Waals surface area contributed by atoms with Crippen LogP contribution >= 0.6 is 15.9 Å². The van der Waals surface area contributed by atoms with Crippen molar-refractivity contribution >= 4 is 15.9 Å². The quantitative estimate of drug-likeness (QED) is 0.237. The van der Waals surface area contributed by atoms with Crippen molar-refractivity contribution in [1.29, 1.82) is 0 Å². The van der Waals surface area contributed by atoms with E-state index < -0.39 is 5.92 Å². The first-order valence-corrected chi connectivity index (χ1v) is 13.3. The Labute approximate surface area is 232 Å². The molecule has 39 heavy (non-hydrogen) atoms. The lowest BCUT2D eigenvalue weighted by Crippen LogP contribution is -2.25. The number of aromatic nitrogens is 4. The minimum atomic E-state index is -0.739. The molecule has 0 atom stereocenters. The maximum Gasteiger partial charge on any atom is 0.275 e. The third kappa shape index (κ3) is 4.42. The highest BCUT2D eigenvalue weighted by Gasteiger charge is 2.33. The van der Waals surface area contributed by atoms with Gasteiger partial charge in [-0.2, -0.15) is 0 Å². The summed E-state index contributed by atoms with van der Waals surface area (Å²) >= 11 is 3.47. The number of halogens is 1. The molecule has 0 radical (unpaired) electrons. The maximum atomic E-state index is 14.0. The van der Waals surface area contributed by atoms with Crippen molar-refractivity contribution in [3.05, 3.63) is 151 Å². The summed E-state index contributed by atoms with van der Waals surface area (Å²) in [6.07, 6.45) is 0. The molecule has 0 fully saturated rings. The number of H-pyrrole nitrogens is 2. The zero-order valence-electron chi connectivity index (χ0n) is 21.3. The van der Waals surface area contributed by atoms with E-state index in [4.69, 9.17) is 4.42 Å². The molecule has 0 aliphatic rings. The van der Waals surface area contributed by atoms with Gasteiger partial charge in [0.2, 0.25) is 0 Å². The highest BCUT2D eigenvalue weighted by Crippen LogP contribution is 2.35. The van der Waals surface area contributed by atoms with Gasteiger partial charge in [0.15, 0.2) is 0 Å². The van der Waals surface area contributed by atoms with Crippen LogP contribution in [0.25, 0.3) is 22.7 Å². The third-order valence-electron chi connectivity index (χ3n) is 6.88. The molecule has 2 N–H and O–H groups in total. The largest absolute Gasteiger partial charge is 0.460 e. The molecule has 7 nitrogen and oxygen atoms in total. The highest BCUT2D eigenvalue weighted by atomic mass is 79.9. The average molecular weight is 581 g/mol. The normalized spacial score (nSPS) is 11.4. The van der Waals surface area contributed by atoms with Gasteiger partial charge in [0.1, 0.15) is 11.5 Å². The van der Waals surface area contributed by atoms with Crippen molar-refractivity contribution in [2.24, 2.45) is 0 Å². The topological polar surface area (TPSA) is 88.7 Å². The van der Waals surface area contributed by atoms with Crippen LogP contribution in [0.3, 0.4) is 0 Å². The van der Waals surface area contributed by atoms with Crippen molar-refractivity contribution in [3.63, 3.8) is 0 Å². The summed E-state index contributed by atoms with van der Waals surface area (Å²) in [6, 6.07) is 30.3. The van der Waals surface area contributed by atoms with Gasteiger partial charge in [0.25, 0.3) is 11.1 Å². The van der Waals surface area contributed by atoms with Crippen LogP contribution in [-0.2, 0) is 0 Å². The Morgan fingerprint density at radius 3 is 1.64 bits per heavy atom. The van der Waals surface area contributed by atoms with E-state index in [1.807, 2.05) is 111 Å². The second kappa shape index (κ2) is 9.96. The summed E-state index contributed by atoms with van der Waals surface area (Å²) in [4.78, 5) is 27.9. The second-order valence-corrected chi connectivity index (χ2v) is 10.3. The molecular weight excluding hydrogens is 556 g/mol. The zero-order valence-corrected chi connectivity index (χ0v) is 22.9. The molecule has 0 unspecified atom stereocenters. The van der Waals surface area contributed by atoms with Gasteiger partial charge in [-0.15, -0.1) is 0 Å². The number of rotatable bonds is 6. The minimum absolute atomic E-state index is 0.239. The fourth-order valence-corrected chi connectivity index (χ4v) is 5.29. The number of para-hydroxylation sites is 2. The first kappa shape index (κ1) is 24.8. The lowest BCUT2D eigenvalue weighted by atomic mass is 9.89. The van der Waals surface area contributed by atoms with E-state index in [1.54, 1.807) is 0 Å². The van der Waals surface area contributed by atoms with Crippen LogP contribution in [0.5, 0.6) is 0 Å². The predicted octanol–water partition coefficient (Wildman–Crippen LogP) is 6.46. The Morgan fingerprint density at radius 2 is 1.15 bits per heavy atom. The third-order valence-corrected chi connectivity index (χ3v) is 7.41. The van der Waals surface area contributed by atoms with Crippen LogP contribution in [0, 0.1) is 13.8 Å². The van der Waals surface area contributed by atoms with Crippen LogP contribution in [0.15, 0.2) is 116 Å². The SMILES string of the molecule is Cc1[nH]n(-c2ccccc2)c(=O)c1C(c1ccc(-c2ccc(Br)cc2)o1)c1c(C)[nH]n(-c2ccccc2)c1=O. The molecule has 0 amide bonds. The molecule has 8 heteroatoms. The van der Waals surface area contributed by atoms with Crippen LogP contribution in [0.1, 0.15) is 34.2 Å². The van der Waals surface area contributed by atoms with E-state index in [9.17, 15) is 9.59 Å². The van der Waals surface area contributed by atoms with Crippen LogP contribution in [0.2, 0.25) is 0 Å². The van der Waals surface area contributed by atoms with Crippen molar-refractivity contribution in [2.45, 2.75) is 19.8 Å². The number of hydrogen-bond acceptors (Lipinski definition) is 3. The molecule has 6 aromatic rings. The number of aryl methyl sites for hydroxylation is 2. The Balaban J connectivity index is 1.57. The van der Waals surface area contributed by atoms with Crippen LogP contribution in [-0.4, -0.2) is 19.6 Å². The number of aromatic amines is 2. The fraction of sp³-hybridized carbons (Fsp3) is 0.0968. The predicted molar refractivity (Wildman–Crippen MR) is 155 cm³/mol. The van der Waals surface area contributed by atoms with Crippen molar-refractivity contribution in [3.8, 4) is 22.7 Å². The van der Waals surface area contributed by atoms with Gasteiger partial charge in [-0.3, -0.25) is 19.8 Å². The molecule has 0 aliphatic heterocycles. The van der Waals surface area contributed by atoms with Crippen LogP contribution < -0.4 is 11.1 Å². The average Bonchev–Trinajstić information content (AvgIpc) is 3.64. The lowest BCUT2D eigenvalue weighted by Gasteiger charge is -2.13. The molecule has 194 valence electrons. The van der Waals surface area contributed by atoms with Crippen LogP contribution in [0.4, 0.5) is 0 Å². The van der Waals surface area contributed by atoms with Crippen molar-refractivity contribution < 1.29 is 4.42 Å². The van der Waals surface area contributed by atoms with Gasteiger partial charge in [-0.05, 0) is 62.4 Å². The maximum absolute atomic E-state index is 14.0. The first-order valence-electron chi connectivity index (χ1n) is 12.5. The van der Waals surface area contributed by atoms with Gasteiger partial charge in [-0.25, -0.2) is 9.36 Å². The summed E-state index contributed by atoms with van der Waals surface area (Å²) in [5.41, 5.74) is 4.04. The van der Waals surface area contributed by atoms with E-state index in [1.165, 1.54) is 9.36 Å². The van der Waals surface area contributed by atoms with Gasteiger partial charge in [0.05, 0.1) is 28.4 Å². The van der Waals surface area contributed by atoms with E-state index in [-0.39, 0.29) is 11.1 Å². The molecule has 0 spiro atoms. The van der Waals surface area contributed by atoms with Gasteiger partial charge in [0, 0.05) is 21.4 Å². The molecule has 6 rings (SSSR count). The zero-order chi connectivity index (χ0) is 27.1. The molecule has 0 saturated heterocycles. The number of nitrogens with zero attached hydrogens (tertiary/aromatic N) is 2. The van der Waals surface area contributed by atoms with Gasteiger partial charge < -0.3 is 4.42 Å². The Hall–Kier alpha value is -4.56. The van der Waals surface area contributed by atoms with Crippen molar-refractivity contribution in [2.75, 3.05) is 0 Å². The summed E-state index contributed by atoms with van der Waals surface area (Å²) in [7, 11) is 0. The number of furan rings is 1. The van der Waals surface area contributed by atoms with E-state index in [0.29, 0.717) is 45.4 Å². The second-order valence-electron chi connectivity index (χ2n) is 9.40. The number of nitrogens with one attached hydrogen (secondary N) is 2. The number of benzene rings is 3. The Bertz CT molecular complexity index is 1780. The monoisotopic (exact) mass is 580 g/mol. The van der Waals surface area contributed by atoms with E-state index >= 15 is 0 Å². The Kier molecular flexibility index (Phi) is 6.32. The summed E-state index contributed by atoms with van der Waals surface area (Å²) < 4.78 is 10.4. The molecule has 3 heterocycles. The summed E-state index contributed by atoms with van der Waals surface area (Å²) in [5, 5.41) is 6.42. The summed E-state index contributed by atoms with van der Waals surface area (Å²) in [5.74, 6) is 0.416. The summed E-state index contributed by atoms with van der Waals surface area (Å²) in [6.45, 7) is 3.69. The standard InChI is InChI=1S/C31H25BrN4O3/c1-19-27(30(37)35(33-19)23-9-5-3-6-10-23)29(26-18-17-25(39-26)21-13-15-22(32)16-14-21)28-20(2)34-36(31(28)38)24-11-7-4-8-12-24/h3-18,29,33-34H,1-2H3. The fourth-order valence-electron chi connectivity index (χ4n) is 5.02. The molecule has 3 aromatic heterocycles. The van der Waals surface area contributed by atoms with Gasteiger partial charge in [-0.1, -0.05) is 64.5 Å². The van der Waals surface area contributed by atoms with E-state index in [2.05, 4.69) is 26.1 Å². The van der Waals surface area contributed by atoms with Crippen molar-refractivity contribution in [1.82, 2.24) is 19.6 Å². The Morgan fingerprint density at radius 1 is 0.667 bits per heavy atom. The molecular formula is C31H25BrN4O3. The lowest BCUT2D eigenvalue weighted by molar-refractivity contribution is 0.513. The molecule has 0 bridgehead atoms. The molecule has 0 saturated carbocycles. The van der Waals surface area contributed by atoms with E-state index in [0.717, 1.165) is 10.0 Å². The molecule has 3 aromatic carbocycles. The molecule has 0 aliphatic carbocycles. The first-order chi connectivity index (χ1) is 18.9. The minimum Gasteiger partial charge on any atom is -0.460 e. The van der Waals surface area contributed by atoms with Gasteiger partial charge >= 0.3 is 0 Å². The highest BCUT2D eigenvalue weighted by molar-refractivity contribution is 9.10. The smallest absolute Gasteiger partial charge is 0.275 e.